The number of hydrogen-bond acceptors (Lipinski definition) is 4. The minimum absolute atomic E-state index is 0.0109. The second kappa shape index (κ2) is 9.96. The van der Waals surface area contributed by atoms with Gasteiger partial charge in [-0.15, -0.1) is 0 Å². The molecule has 2 aromatic carbocycles. The maximum atomic E-state index is 12.7. The average molecular weight is 396 g/mol. The molecule has 1 aliphatic rings. The third-order valence-electron chi connectivity index (χ3n) is 5.06. The van der Waals surface area contributed by atoms with Crippen molar-refractivity contribution in [2.75, 3.05) is 39.9 Å². The van der Waals surface area contributed by atoms with E-state index >= 15 is 0 Å². The molecule has 0 unspecified atom stereocenters. The fourth-order valence-electron chi connectivity index (χ4n) is 3.37. The fourth-order valence-corrected chi connectivity index (χ4v) is 3.37. The van der Waals surface area contributed by atoms with Crippen LogP contribution in [-0.2, 0) is 11.2 Å². The van der Waals surface area contributed by atoms with Crippen molar-refractivity contribution in [2.24, 2.45) is 0 Å². The van der Waals surface area contributed by atoms with E-state index in [1.807, 2.05) is 30.3 Å². The molecule has 6 nitrogen and oxygen atoms in total. The smallest absolute Gasteiger partial charge is 0.260 e. The number of hydrogen-bond donors (Lipinski definition) is 0. The molecule has 1 heterocycles. The number of carbonyl (C=O) groups is 2. The first-order valence-corrected chi connectivity index (χ1v) is 10.0. The van der Waals surface area contributed by atoms with Gasteiger partial charge in [-0.05, 0) is 42.3 Å². The Morgan fingerprint density at radius 1 is 0.931 bits per heavy atom. The lowest BCUT2D eigenvalue weighted by atomic mass is 10.1. The highest BCUT2D eigenvalue weighted by molar-refractivity contribution is 5.94. The molecule has 0 bridgehead atoms. The van der Waals surface area contributed by atoms with Crippen molar-refractivity contribution in [1.29, 1.82) is 0 Å². The molecule has 0 spiro atoms. The van der Waals surface area contributed by atoms with Crippen molar-refractivity contribution in [3.63, 3.8) is 0 Å². The van der Waals surface area contributed by atoms with E-state index in [4.69, 9.17) is 9.47 Å². The maximum Gasteiger partial charge on any atom is 0.260 e. The van der Waals surface area contributed by atoms with Crippen LogP contribution in [0.5, 0.6) is 11.5 Å². The van der Waals surface area contributed by atoms with Crippen LogP contribution in [0, 0.1) is 0 Å². The molecule has 6 heteroatoms. The normalized spacial score (nSPS) is 13.9. The van der Waals surface area contributed by atoms with Gasteiger partial charge in [0, 0.05) is 31.7 Å². The fraction of sp³-hybridized carbons (Fsp3) is 0.391. The molecule has 0 radical (unpaired) electrons. The molecule has 29 heavy (non-hydrogen) atoms. The summed E-state index contributed by atoms with van der Waals surface area (Å²) in [6.07, 6.45) is 2.14. The molecule has 0 saturated carbocycles. The van der Waals surface area contributed by atoms with Crippen molar-refractivity contribution in [1.82, 2.24) is 9.80 Å². The summed E-state index contributed by atoms with van der Waals surface area (Å²) in [4.78, 5) is 28.6. The lowest BCUT2D eigenvalue weighted by molar-refractivity contribution is -0.134. The van der Waals surface area contributed by atoms with Crippen molar-refractivity contribution >= 4 is 11.8 Å². The van der Waals surface area contributed by atoms with Crippen LogP contribution >= 0.6 is 0 Å². The second-order valence-electron chi connectivity index (χ2n) is 7.09. The Kier molecular flexibility index (Phi) is 7.11. The Balaban J connectivity index is 1.47. The average Bonchev–Trinajstić information content (AvgIpc) is 2.78. The van der Waals surface area contributed by atoms with Crippen LogP contribution < -0.4 is 9.47 Å². The van der Waals surface area contributed by atoms with Crippen LogP contribution in [0.25, 0.3) is 0 Å². The van der Waals surface area contributed by atoms with Crippen LogP contribution in [0.1, 0.15) is 29.3 Å². The van der Waals surface area contributed by atoms with Gasteiger partial charge in [-0.1, -0.05) is 31.5 Å². The van der Waals surface area contributed by atoms with Gasteiger partial charge in [0.15, 0.2) is 6.61 Å². The van der Waals surface area contributed by atoms with Crippen LogP contribution in [0.3, 0.4) is 0 Å². The molecule has 154 valence electrons. The molecular weight excluding hydrogens is 368 g/mol. The molecule has 0 atom stereocenters. The SMILES string of the molecule is CCCc1ccc(OCC(=O)N2CCN(C(=O)c3cccc(OC)c3)CC2)cc1. The van der Waals surface area contributed by atoms with Crippen LogP contribution in [0.4, 0.5) is 0 Å². The van der Waals surface area contributed by atoms with Crippen LogP contribution in [0.2, 0.25) is 0 Å². The highest BCUT2D eigenvalue weighted by Gasteiger charge is 2.25. The Morgan fingerprint density at radius 2 is 1.62 bits per heavy atom. The number of aryl methyl sites for hydroxylation is 1. The number of methoxy groups -OCH3 is 1. The number of nitrogens with zero attached hydrogens (tertiary/aromatic N) is 2. The minimum Gasteiger partial charge on any atom is -0.497 e. The van der Waals surface area contributed by atoms with E-state index < -0.39 is 0 Å². The number of rotatable bonds is 7. The number of piperazine rings is 1. The molecule has 0 N–H and O–H groups in total. The van der Waals surface area contributed by atoms with Gasteiger partial charge in [0.2, 0.25) is 0 Å². The Labute approximate surface area is 172 Å². The van der Waals surface area contributed by atoms with Gasteiger partial charge in [0.25, 0.3) is 11.8 Å². The Bertz CT molecular complexity index is 827. The number of ether oxygens (including phenoxy) is 2. The van der Waals surface area contributed by atoms with E-state index in [0.29, 0.717) is 43.2 Å². The van der Waals surface area contributed by atoms with E-state index in [1.165, 1.54) is 5.56 Å². The van der Waals surface area contributed by atoms with E-state index in [-0.39, 0.29) is 18.4 Å². The number of amides is 2. The third-order valence-corrected chi connectivity index (χ3v) is 5.06. The largest absolute Gasteiger partial charge is 0.497 e. The summed E-state index contributed by atoms with van der Waals surface area (Å²) in [6.45, 7) is 4.19. The van der Waals surface area contributed by atoms with Crippen molar-refractivity contribution in [2.45, 2.75) is 19.8 Å². The summed E-state index contributed by atoms with van der Waals surface area (Å²) in [5.41, 5.74) is 1.86. The molecule has 2 aromatic rings. The van der Waals surface area contributed by atoms with Crippen molar-refractivity contribution < 1.29 is 19.1 Å². The molecule has 1 fully saturated rings. The maximum absolute atomic E-state index is 12.7. The zero-order valence-corrected chi connectivity index (χ0v) is 17.1. The number of benzene rings is 2. The van der Waals surface area contributed by atoms with E-state index in [1.54, 1.807) is 35.1 Å². The van der Waals surface area contributed by atoms with Gasteiger partial charge in [-0.2, -0.15) is 0 Å². The second-order valence-corrected chi connectivity index (χ2v) is 7.09. The van der Waals surface area contributed by atoms with Crippen molar-refractivity contribution in [3.05, 3.63) is 59.7 Å². The first kappa shape index (κ1) is 20.7. The summed E-state index contributed by atoms with van der Waals surface area (Å²) in [6, 6.07) is 15.0. The quantitative estimate of drug-likeness (QED) is 0.722. The lowest BCUT2D eigenvalue weighted by Crippen LogP contribution is -2.51. The first-order valence-electron chi connectivity index (χ1n) is 10.0. The Morgan fingerprint density at radius 3 is 2.28 bits per heavy atom. The predicted molar refractivity (Wildman–Crippen MR) is 111 cm³/mol. The van der Waals surface area contributed by atoms with Gasteiger partial charge in [-0.25, -0.2) is 0 Å². The molecule has 0 aromatic heterocycles. The molecule has 2 amide bonds. The van der Waals surface area contributed by atoms with Gasteiger partial charge in [-0.3, -0.25) is 9.59 Å². The molecule has 1 aliphatic heterocycles. The molecule has 1 saturated heterocycles. The summed E-state index contributed by atoms with van der Waals surface area (Å²) in [5.74, 6) is 1.25. The molecular formula is C23H28N2O4. The van der Waals surface area contributed by atoms with E-state index in [9.17, 15) is 9.59 Å². The minimum atomic E-state index is -0.0592. The standard InChI is InChI=1S/C23H28N2O4/c1-3-5-18-8-10-20(11-9-18)29-17-22(26)24-12-14-25(15-13-24)23(27)19-6-4-7-21(16-19)28-2/h4,6-11,16H,3,5,12-15,17H2,1-2H3. The predicted octanol–water partition coefficient (Wildman–Crippen LogP) is 3.01. The summed E-state index contributed by atoms with van der Waals surface area (Å²) >= 11 is 0. The summed E-state index contributed by atoms with van der Waals surface area (Å²) < 4.78 is 10.8. The highest BCUT2D eigenvalue weighted by atomic mass is 16.5. The van der Waals surface area contributed by atoms with Gasteiger partial charge in [0.05, 0.1) is 7.11 Å². The summed E-state index contributed by atoms with van der Waals surface area (Å²) in [7, 11) is 1.58. The zero-order valence-electron chi connectivity index (χ0n) is 17.1. The lowest BCUT2D eigenvalue weighted by Gasteiger charge is -2.34. The monoisotopic (exact) mass is 396 g/mol. The van der Waals surface area contributed by atoms with Crippen molar-refractivity contribution in [3.8, 4) is 11.5 Å². The van der Waals surface area contributed by atoms with E-state index in [0.717, 1.165) is 12.8 Å². The van der Waals surface area contributed by atoms with Crippen LogP contribution in [0.15, 0.2) is 48.5 Å². The third kappa shape index (κ3) is 5.50. The molecule has 0 aliphatic carbocycles. The van der Waals surface area contributed by atoms with Gasteiger partial charge < -0.3 is 19.3 Å². The topological polar surface area (TPSA) is 59.1 Å². The van der Waals surface area contributed by atoms with Gasteiger partial charge in [0.1, 0.15) is 11.5 Å². The highest BCUT2D eigenvalue weighted by Crippen LogP contribution is 2.16. The Hall–Kier alpha value is -3.02. The first-order chi connectivity index (χ1) is 14.1. The van der Waals surface area contributed by atoms with Gasteiger partial charge >= 0.3 is 0 Å². The zero-order chi connectivity index (χ0) is 20.6. The summed E-state index contributed by atoms with van der Waals surface area (Å²) in [5, 5.41) is 0. The van der Waals surface area contributed by atoms with E-state index in [2.05, 4.69) is 6.92 Å². The number of carbonyl (C=O) groups excluding carboxylic acids is 2. The van der Waals surface area contributed by atoms with Crippen LogP contribution in [-0.4, -0.2) is 61.5 Å². The molecule has 3 rings (SSSR count).